The van der Waals surface area contributed by atoms with Crippen molar-refractivity contribution >= 4 is 12.0 Å². The molecule has 1 aromatic carbocycles. The number of piperidine rings is 1. The highest BCUT2D eigenvalue weighted by Gasteiger charge is 2.45. The Morgan fingerprint density at radius 1 is 1.24 bits per heavy atom. The van der Waals surface area contributed by atoms with Gasteiger partial charge in [0.25, 0.3) is 11.5 Å². The van der Waals surface area contributed by atoms with Crippen molar-refractivity contribution in [2.24, 2.45) is 0 Å². The smallest absolute Gasteiger partial charge is 0.407 e. The fraction of sp³-hybridized carbons (Fsp3) is 0.391. The van der Waals surface area contributed by atoms with E-state index in [0.29, 0.717) is 17.1 Å². The normalized spacial score (nSPS) is 16.4. The van der Waals surface area contributed by atoms with Crippen molar-refractivity contribution in [2.45, 2.75) is 38.5 Å². The topological polar surface area (TPSA) is 165 Å². The van der Waals surface area contributed by atoms with Crippen molar-refractivity contribution in [3.05, 3.63) is 63.6 Å². The quantitative estimate of drug-likeness (QED) is 0.460. The molecule has 4 heterocycles. The van der Waals surface area contributed by atoms with Gasteiger partial charge in [-0.3, -0.25) is 14.2 Å². The van der Waals surface area contributed by atoms with Gasteiger partial charge >= 0.3 is 6.09 Å². The van der Waals surface area contributed by atoms with Crippen LogP contribution in [0, 0.1) is 12.7 Å². The summed E-state index contributed by atoms with van der Waals surface area (Å²) in [6, 6.07) is 3.97. The predicted octanol–water partition coefficient (Wildman–Crippen LogP) is 0.906. The van der Waals surface area contributed by atoms with Gasteiger partial charge in [0.05, 0.1) is 18.8 Å². The molecular formula is C23H24FN7O6. The minimum absolute atomic E-state index is 0.0812. The summed E-state index contributed by atoms with van der Waals surface area (Å²) in [4.78, 5) is 47.0. The molecule has 2 aliphatic heterocycles. The Balaban J connectivity index is 1.43. The highest BCUT2D eigenvalue weighted by Crippen LogP contribution is 2.38. The molecule has 0 aliphatic carbocycles. The number of aryl methyl sites for hydroxylation is 1. The maximum Gasteiger partial charge on any atom is 0.407 e. The van der Waals surface area contributed by atoms with E-state index in [1.165, 1.54) is 38.7 Å². The van der Waals surface area contributed by atoms with E-state index in [1.807, 2.05) is 0 Å². The lowest BCUT2D eigenvalue weighted by Gasteiger charge is -2.43. The minimum atomic E-state index is -1.05. The first-order valence-corrected chi connectivity index (χ1v) is 11.6. The lowest BCUT2D eigenvalue weighted by atomic mass is 9.89. The Bertz CT molecular complexity index is 1440. The monoisotopic (exact) mass is 513 g/mol. The van der Waals surface area contributed by atoms with Crippen molar-refractivity contribution in [3.8, 4) is 11.4 Å². The third-order valence-corrected chi connectivity index (χ3v) is 6.64. The molecule has 1 fully saturated rings. The molecule has 0 unspecified atom stereocenters. The SMILES string of the molecule is Cc1ncn(-c2cc(F)ccc2CNC(=O)c2nc3n(c(=O)c2O)CCOC32CCN(C(=O)O)CC2)n1. The zero-order chi connectivity index (χ0) is 26.3. The van der Waals surface area contributed by atoms with Crippen molar-refractivity contribution in [3.63, 3.8) is 0 Å². The van der Waals surface area contributed by atoms with E-state index < -0.39 is 40.4 Å². The summed E-state index contributed by atoms with van der Waals surface area (Å²) in [6.07, 6.45) is 0.854. The fourth-order valence-electron chi connectivity index (χ4n) is 4.70. The van der Waals surface area contributed by atoms with Crippen LogP contribution >= 0.6 is 0 Å². The molecule has 1 spiro atoms. The first kappa shape index (κ1) is 24.4. The molecule has 2 aromatic heterocycles. The third kappa shape index (κ3) is 4.39. The number of halogens is 1. The van der Waals surface area contributed by atoms with E-state index >= 15 is 0 Å². The number of carbonyl (C=O) groups excluding carboxylic acids is 1. The van der Waals surface area contributed by atoms with Gasteiger partial charge in [-0.15, -0.1) is 0 Å². The highest BCUT2D eigenvalue weighted by atomic mass is 19.1. The molecule has 37 heavy (non-hydrogen) atoms. The number of aromatic nitrogens is 5. The number of rotatable bonds is 4. The van der Waals surface area contributed by atoms with Crippen LogP contribution in [-0.2, 0) is 23.4 Å². The molecule has 3 N–H and O–H groups in total. The number of fused-ring (bicyclic) bond motifs is 2. The molecule has 2 aliphatic rings. The molecule has 194 valence electrons. The predicted molar refractivity (Wildman–Crippen MR) is 124 cm³/mol. The van der Waals surface area contributed by atoms with Crippen LogP contribution in [0.5, 0.6) is 5.75 Å². The summed E-state index contributed by atoms with van der Waals surface area (Å²) in [7, 11) is 0. The Morgan fingerprint density at radius 3 is 2.68 bits per heavy atom. The average molecular weight is 513 g/mol. The zero-order valence-corrected chi connectivity index (χ0v) is 19.8. The van der Waals surface area contributed by atoms with Crippen molar-refractivity contribution in [1.82, 2.24) is 34.5 Å². The molecule has 14 heteroatoms. The highest BCUT2D eigenvalue weighted by molar-refractivity contribution is 5.94. The van der Waals surface area contributed by atoms with Crippen molar-refractivity contribution < 1.29 is 28.9 Å². The molecule has 2 amide bonds. The number of carboxylic acid groups (broad SMARTS) is 1. The van der Waals surface area contributed by atoms with Crippen LogP contribution in [0.2, 0.25) is 0 Å². The fourth-order valence-corrected chi connectivity index (χ4v) is 4.70. The number of amides is 2. The zero-order valence-electron chi connectivity index (χ0n) is 19.8. The maximum atomic E-state index is 13.9. The van der Waals surface area contributed by atoms with Gasteiger partial charge < -0.3 is 25.2 Å². The first-order chi connectivity index (χ1) is 17.7. The number of nitrogens with zero attached hydrogens (tertiary/aromatic N) is 6. The summed E-state index contributed by atoms with van der Waals surface area (Å²) in [5.41, 5.74) is -1.43. The van der Waals surface area contributed by atoms with E-state index in [-0.39, 0.29) is 51.5 Å². The number of aromatic hydroxyl groups is 1. The van der Waals surface area contributed by atoms with Crippen LogP contribution < -0.4 is 10.9 Å². The van der Waals surface area contributed by atoms with Gasteiger partial charge in [-0.25, -0.2) is 23.8 Å². The molecular weight excluding hydrogens is 489 g/mol. The summed E-state index contributed by atoms with van der Waals surface area (Å²) in [6.45, 7) is 2.26. The molecule has 3 aromatic rings. The first-order valence-electron chi connectivity index (χ1n) is 11.6. The van der Waals surface area contributed by atoms with E-state index in [2.05, 4.69) is 20.4 Å². The molecule has 1 saturated heterocycles. The van der Waals surface area contributed by atoms with Gasteiger partial charge in [-0.1, -0.05) is 6.07 Å². The van der Waals surface area contributed by atoms with E-state index in [1.54, 1.807) is 6.92 Å². The molecule has 5 rings (SSSR count). The maximum absolute atomic E-state index is 13.9. The second kappa shape index (κ2) is 9.28. The molecule has 0 bridgehead atoms. The lowest BCUT2D eigenvalue weighted by molar-refractivity contribution is -0.114. The summed E-state index contributed by atoms with van der Waals surface area (Å²) < 4.78 is 22.6. The van der Waals surface area contributed by atoms with Crippen LogP contribution in [0.1, 0.15) is 40.5 Å². The van der Waals surface area contributed by atoms with Crippen molar-refractivity contribution in [2.75, 3.05) is 19.7 Å². The summed E-state index contributed by atoms with van der Waals surface area (Å²) in [5.74, 6) is -1.45. The van der Waals surface area contributed by atoms with Crippen LogP contribution in [0.25, 0.3) is 5.69 Å². The largest absolute Gasteiger partial charge is 0.501 e. The Kier molecular flexibility index (Phi) is 6.11. The average Bonchev–Trinajstić information content (AvgIpc) is 3.32. The van der Waals surface area contributed by atoms with E-state index in [0.717, 1.165) is 0 Å². The van der Waals surface area contributed by atoms with E-state index in [9.17, 15) is 29.0 Å². The van der Waals surface area contributed by atoms with Crippen molar-refractivity contribution in [1.29, 1.82) is 0 Å². The second-order valence-electron chi connectivity index (χ2n) is 8.89. The number of benzene rings is 1. The van der Waals surface area contributed by atoms with Gasteiger partial charge in [0.2, 0.25) is 5.75 Å². The van der Waals surface area contributed by atoms with Gasteiger partial charge in [-0.2, -0.15) is 5.10 Å². The summed E-state index contributed by atoms with van der Waals surface area (Å²) in [5, 5.41) is 26.6. The number of hydrogen-bond donors (Lipinski definition) is 3. The molecule has 0 saturated carbocycles. The number of ether oxygens (including phenoxy) is 1. The van der Waals surface area contributed by atoms with E-state index in [4.69, 9.17) is 4.74 Å². The third-order valence-electron chi connectivity index (χ3n) is 6.64. The number of carbonyl (C=O) groups is 2. The minimum Gasteiger partial charge on any atom is -0.501 e. The second-order valence-corrected chi connectivity index (χ2v) is 8.89. The Morgan fingerprint density at radius 2 is 2.00 bits per heavy atom. The Hall–Kier alpha value is -4.33. The van der Waals surface area contributed by atoms with Gasteiger partial charge in [0, 0.05) is 32.5 Å². The van der Waals surface area contributed by atoms with Gasteiger partial charge in [-0.05, 0) is 24.6 Å². The number of hydrogen-bond acceptors (Lipinski definition) is 8. The van der Waals surface area contributed by atoms with Crippen LogP contribution in [0.3, 0.4) is 0 Å². The molecule has 0 atom stereocenters. The standard InChI is InChI=1S/C23H24FN7O6/c1-13-26-12-31(28-13)16-10-15(24)3-2-14(16)11-25-19(33)17-18(32)20(34)30-8-9-37-23(21(30)27-17)4-6-29(7-5-23)22(35)36/h2-3,10,12,32H,4-9,11H2,1H3,(H,25,33)(H,35,36). The van der Waals surface area contributed by atoms with Crippen LogP contribution in [0.15, 0.2) is 29.3 Å². The number of nitrogens with one attached hydrogen (secondary N) is 1. The molecule has 13 nitrogen and oxygen atoms in total. The summed E-state index contributed by atoms with van der Waals surface area (Å²) >= 11 is 0. The van der Waals surface area contributed by atoms with Gasteiger partial charge in [0.1, 0.15) is 29.4 Å². The van der Waals surface area contributed by atoms with Gasteiger partial charge in [0.15, 0.2) is 5.69 Å². The number of likely N-dealkylation sites (tertiary alicyclic amines) is 1. The van der Waals surface area contributed by atoms with Crippen LogP contribution in [0.4, 0.5) is 9.18 Å². The van der Waals surface area contributed by atoms with Crippen LogP contribution in [-0.4, -0.2) is 71.1 Å². The Labute approximate surface area is 209 Å². The lowest BCUT2D eigenvalue weighted by Crippen LogP contribution is -2.52. The molecule has 0 radical (unpaired) electrons.